The Balaban J connectivity index is 1.63. The van der Waals surface area contributed by atoms with E-state index in [-0.39, 0.29) is 19.1 Å². The third kappa shape index (κ3) is 4.54. The van der Waals surface area contributed by atoms with E-state index in [0.29, 0.717) is 5.75 Å². The fourth-order valence-electron chi connectivity index (χ4n) is 2.93. The van der Waals surface area contributed by atoms with Crippen LogP contribution in [-0.4, -0.2) is 34.3 Å². The topological polar surface area (TPSA) is 73.2 Å². The summed E-state index contributed by atoms with van der Waals surface area (Å²) < 4.78 is 7.04. The average molecular weight is 398 g/mol. The van der Waals surface area contributed by atoms with E-state index < -0.39 is 5.97 Å². The SMILES string of the molecule is CSCc1nc2ccccc2n1CC(=O)OCC(=O)Nc1cccc(C)c1C. The number of fused-ring (bicyclic) bond motifs is 1. The van der Waals surface area contributed by atoms with E-state index in [0.717, 1.165) is 33.7 Å². The molecule has 0 aliphatic carbocycles. The van der Waals surface area contributed by atoms with E-state index in [2.05, 4.69) is 10.3 Å². The van der Waals surface area contributed by atoms with Gasteiger partial charge in [-0.05, 0) is 49.4 Å². The molecular weight excluding hydrogens is 374 g/mol. The molecular formula is C21H23N3O3S. The molecule has 3 rings (SSSR count). The van der Waals surface area contributed by atoms with E-state index in [1.54, 1.807) is 11.8 Å². The molecule has 1 heterocycles. The quantitative estimate of drug-likeness (QED) is 0.616. The number of rotatable bonds is 7. The summed E-state index contributed by atoms with van der Waals surface area (Å²) in [6.45, 7) is 3.62. The smallest absolute Gasteiger partial charge is 0.326 e. The van der Waals surface area contributed by atoms with Crippen molar-refractivity contribution in [1.29, 1.82) is 0 Å². The van der Waals surface area contributed by atoms with Crippen molar-refractivity contribution in [2.45, 2.75) is 26.1 Å². The first-order valence-corrected chi connectivity index (χ1v) is 10.3. The van der Waals surface area contributed by atoms with Crippen molar-refractivity contribution in [3.63, 3.8) is 0 Å². The minimum absolute atomic E-state index is 0.0210. The third-order valence-electron chi connectivity index (χ3n) is 4.54. The Labute approximate surface area is 168 Å². The maximum absolute atomic E-state index is 12.3. The largest absolute Gasteiger partial charge is 0.454 e. The number of amides is 1. The van der Waals surface area contributed by atoms with Gasteiger partial charge in [-0.2, -0.15) is 11.8 Å². The number of para-hydroxylation sites is 2. The summed E-state index contributed by atoms with van der Waals surface area (Å²) in [6, 6.07) is 13.3. The van der Waals surface area contributed by atoms with Crippen LogP contribution in [0.25, 0.3) is 11.0 Å². The van der Waals surface area contributed by atoms with Gasteiger partial charge in [0.1, 0.15) is 12.4 Å². The number of esters is 1. The van der Waals surface area contributed by atoms with Gasteiger partial charge < -0.3 is 14.6 Å². The maximum Gasteiger partial charge on any atom is 0.326 e. The lowest BCUT2D eigenvalue weighted by Crippen LogP contribution is -2.23. The van der Waals surface area contributed by atoms with Crippen LogP contribution in [0, 0.1) is 13.8 Å². The summed E-state index contributed by atoms with van der Waals surface area (Å²) in [4.78, 5) is 29.1. The second-order valence-electron chi connectivity index (χ2n) is 6.49. The molecule has 0 atom stereocenters. The van der Waals surface area contributed by atoms with Crippen molar-refractivity contribution in [3.8, 4) is 0 Å². The predicted molar refractivity (Wildman–Crippen MR) is 112 cm³/mol. The van der Waals surface area contributed by atoms with Gasteiger partial charge in [-0.25, -0.2) is 4.98 Å². The first-order valence-electron chi connectivity index (χ1n) is 8.94. The van der Waals surface area contributed by atoms with Crippen LogP contribution in [0.4, 0.5) is 5.69 Å². The Morgan fingerprint density at radius 1 is 1.14 bits per heavy atom. The number of hydrogen-bond donors (Lipinski definition) is 1. The number of hydrogen-bond acceptors (Lipinski definition) is 5. The molecule has 0 unspecified atom stereocenters. The zero-order valence-corrected chi connectivity index (χ0v) is 17.0. The van der Waals surface area contributed by atoms with Crippen LogP contribution in [0.2, 0.25) is 0 Å². The van der Waals surface area contributed by atoms with Crippen molar-refractivity contribution in [3.05, 3.63) is 59.4 Å². The van der Waals surface area contributed by atoms with Crippen LogP contribution in [0.5, 0.6) is 0 Å². The lowest BCUT2D eigenvalue weighted by molar-refractivity contribution is -0.147. The molecule has 1 N–H and O–H groups in total. The van der Waals surface area contributed by atoms with Crippen molar-refractivity contribution in [2.75, 3.05) is 18.2 Å². The number of benzene rings is 2. The highest BCUT2D eigenvalue weighted by Gasteiger charge is 2.15. The highest BCUT2D eigenvalue weighted by Crippen LogP contribution is 2.19. The van der Waals surface area contributed by atoms with Gasteiger partial charge in [0.25, 0.3) is 5.91 Å². The molecule has 2 aromatic carbocycles. The van der Waals surface area contributed by atoms with Gasteiger partial charge in [0, 0.05) is 5.69 Å². The van der Waals surface area contributed by atoms with E-state index in [1.807, 2.05) is 67.1 Å². The summed E-state index contributed by atoms with van der Waals surface area (Å²) in [6.07, 6.45) is 1.99. The molecule has 0 aliphatic heterocycles. The summed E-state index contributed by atoms with van der Waals surface area (Å²) in [5, 5.41) is 2.79. The summed E-state index contributed by atoms with van der Waals surface area (Å²) in [5.74, 6) is 0.670. The fourth-order valence-corrected chi connectivity index (χ4v) is 3.41. The minimum atomic E-state index is -0.471. The van der Waals surface area contributed by atoms with Gasteiger partial charge >= 0.3 is 5.97 Å². The van der Waals surface area contributed by atoms with Crippen molar-refractivity contribution in [1.82, 2.24) is 9.55 Å². The van der Waals surface area contributed by atoms with Crippen LogP contribution in [0.15, 0.2) is 42.5 Å². The number of carbonyl (C=O) groups is 2. The van der Waals surface area contributed by atoms with Crippen LogP contribution in [-0.2, 0) is 26.6 Å². The van der Waals surface area contributed by atoms with Crippen molar-refractivity contribution >= 4 is 40.4 Å². The number of nitrogens with zero attached hydrogens (tertiary/aromatic N) is 2. The second-order valence-corrected chi connectivity index (χ2v) is 7.36. The Hall–Kier alpha value is -2.80. The van der Waals surface area contributed by atoms with Gasteiger partial charge in [-0.3, -0.25) is 9.59 Å². The van der Waals surface area contributed by atoms with Crippen LogP contribution in [0.1, 0.15) is 17.0 Å². The number of aromatic nitrogens is 2. The van der Waals surface area contributed by atoms with E-state index >= 15 is 0 Å². The first kappa shape index (κ1) is 19.9. The molecule has 0 aliphatic rings. The molecule has 1 aromatic heterocycles. The molecule has 0 radical (unpaired) electrons. The molecule has 0 spiro atoms. The molecule has 7 heteroatoms. The number of nitrogens with one attached hydrogen (secondary N) is 1. The molecule has 6 nitrogen and oxygen atoms in total. The van der Waals surface area contributed by atoms with Crippen LogP contribution >= 0.6 is 11.8 Å². The monoisotopic (exact) mass is 397 g/mol. The Morgan fingerprint density at radius 2 is 1.93 bits per heavy atom. The summed E-state index contributed by atoms with van der Waals surface area (Å²) in [7, 11) is 0. The van der Waals surface area contributed by atoms with Crippen molar-refractivity contribution in [2.24, 2.45) is 0 Å². The summed E-state index contributed by atoms with van der Waals surface area (Å²) in [5.41, 5.74) is 4.52. The third-order valence-corrected chi connectivity index (χ3v) is 5.08. The highest BCUT2D eigenvalue weighted by molar-refractivity contribution is 7.97. The number of carbonyl (C=O) groups excluding carboxylic acids is 2. The Kier molecular flexibility index (Phi) is 6.36. The zero-order chi connectivity index (χ0) is 20.1. The zero-order valence-electron chi connectivity index (χ0n) is 16.2. The van der Waals surface area contributed by atoms with Gasteiger partial charge in [0.2, 0.25) is 0 Å². The molecule has 0 fully saturated rings. The number of thioether (sulfide) groups is 1. The second kappa shape index (κ2) is 8.93. The molecule has 3 aromatic rings. The lowest BCUT2D eigenvalue weighted by atomic mass is 10.1. The maximum atomic E-state index is 12.3. The van der Waals surface area contributed by atoms with Crippen molar-refractivity contribution < 1.29 is 14.3 Å². The minimum Gasteiger partial charge on any atom is -0.454 e. The molecule has 28 heavy (non-hydrogen) atoms. The Morgan fingerprint density at radius 3 is 2.71 bits per heavy atom. The standard InChI is InChI=1S/C21H23N3O3S/c1-14-7-6-9-16(15(14)2)23-20(25)12-27-21(26)11-24-18-10-5-4-8-17(18)22-19(24)13-28-3/h4-10H,11-13H2,1-3H3,(H,23,25). The average Bonchev–Trinajstić information content (AvgIpc) is 3.01. The molecule has 0 bridgehead atoms. The van der Waals surface area contributed by atoms with Gasteiger partial charge in [-0.1, -0.05) is 24.3 Å². The lowest BCUT2D eigenvalue weighted by Gasteiger charge is -2.11. The van der Waals surface area contributed by atoms with E-state index in [9.17, 15) is 9.59 Å². The highest BCUT2D eigenvalue weighted by atomic mass is 32.2. The number of aryl methyl sites for hydroxylation is 1. The number of ether oxygens (including phenoxy) is 1. The molecule has 146 valence electrons. The number of anilines is 1. The van der Waals surface area contributed by atoms with Crippen LogP contribution < -0.4 is 5.32 Å². The normalized spacial score (nSPS) is 10.8. The van der Waals surface area contributed by atoms with E-state index in [4.69, 9.17) is 4.74 Å². The van der Waals surface area contributed by atoms with E-state index in [1.165, 1.54) is 0 Å². The fraction of sp³-hybridized carbons (Fsp3) is 0.286. The number of imidazole rings is 1. The van der Waals surface area contributed by atoms with Gasteiger partial charge in [-0.15, -0.1) is 0 Å². The first-order chi connectivity index (χ1) is 13.5. The summed E-state index contributed by atoms with van der Waals surface area (Å²) >= 11 is 1.63. The van der Waals surface area contributed by atoms with Crippen LogP contribution in [0.3, 0.4) is 0 Å². The predicted octanol–water partition coefficient (Wildman–Crippen LogP) is 3.70. The molecule has 1 amide bonds. The van der Waals surface area contributed by atoms with Gasteiger partial charge in [0.15, 0.2) is 6.61 Å². The molecule has 0 saturated carbocycles. The van der Waals surface area contributed by atoms with Gasteiger partial charge in [0.05, 0.1) is 16.8 Å². The molecule has 0 saturated heterocycles. The Bertz CT molecular complexity index is 1010.